The van der Waals surface area contributed by atoms with Gasteiger partial charge in [-0.05, 0) is 54.3 Å². The van der Waals surface area contributed by atoms with Gasteiger partial charge in [0.05, 0.1) is 18.5 Å². The van der Waals surface area contributed by atoms with Gasteiger partial charge in [0, 0.05) is 18.7 Å². The number of alkyl halides is 5. The molecular formula is C32H27F5N4O5. The van der Waals surface area contributed by atoms with Crippen molar-refractivity contribution in [3.8, 4) is 22.8 Å². The lowest BCUT2D eigenvalue weighted by molar-refractivity contribution is -0.291. The minimum atomic E-state index is -6.03. The first kappa shape index (κ1) is 32.1. The maximum atomic E-state index is 14.8. The Bertz CT molecular complexity index is 1770. The highest BCUT2D eigenvalue weighted by Crippen LogP contribution is 2.46. The van der Waals surface area contributed by atoms with Crippen molar-refractivity contribution in [1.29, 1.82) is 0 Å². The van der Waals surface area contributed by atoms with Gasteiger partial charge in [0.15, 0.2) is 5.82 Å². The smallest absolute Gasteiger partial charge is 0.459 e. The molecule has 46 heavy (non-hydrogen) atoms. The van der Waals surface area contributed by atoms with Gasteiger partial charge >= 0.3 is 24.2 Å². The van der Waals surface area contributed by atoms with E-state index < -0.39 is 35.4 Å². The number of benzene rings is 2. The molecule has 1 amide bonds. The molecular weight excluding hydrogens is 615 g/mol. The van der Waals surface area contributed by atoms with E-state index in [1.807, 2.05) is 30.3 Å². The van der Waals surface area contributed by atoms with Crippen LogP contribution < -0.4 is 4.74 Å². The third kappa shape index (κ3) is 6.55. The van der Waals surface area contributed by atoms with E-state index >= 15 is 0 Å². The molecule has 9 nitrogen and oxygen atoms in total. The van der Waals surface area contributed by atoms with Crippen molar-refractivity contribution < 1.29 is 46.1 Å². The maximum Gasteiger partial charge on any atom is 0.459 e. The Hall–Kier alpha value is -5.27. The van der Waals surface area contributed by atoms with Crippen LogP contribution in [0.3, 0.4) is 0 Å². The zero-order valence-electron chi connectivity index (χ0n) is 24.3. The molecule has 0 spiro atoms. The number of carboxylic acid groups (broad SMARTS) is 1. The number of aromatic nitrogens is 3. The Labute approximate surface area is 259 Å². The fourth-order valence-electron chi connectivity index (χ4n) is 4.89. The first-order valence-electron chi connectivity index (χ1n) is 14.1. The number of hydrogen-bond donors (Lipinski definition) is 1. The van der Waals surface area contributed by atoms with Crippen LogP contribution in [-0.2, 0) is 17.3 Å². The predicted molar refractivity (Wildman–Crippen MR) is 156 cm³/mol. The monoisotopic (exact) mass is 642 g/mol. The van der Waals surface area contributed by atoms with Crippen LogP contribution in [0.4, 0.5) is 26.7 Å². The lowest BCUT2D eigenvalue weighted by atomic mass is 9.98. The first-order valence-corrected chi connectivity index (χ1v) is 14.1. The van der Waals surface area contributed by atoms with Gasteiger partial charge in [0.1, 0.15) is 23.6 Å². The van der Waals surface area contributed by atoms with Gasteiger partial charge in [-0.15, -0.1) is 0 Å². The molecule has 1 aliphatic heterocycles. The van der Waals surface area contributed by atoms with Crippen molar-refractivity contribution in [3.05, 3.63) is 101 Å². The molecule has 2 aromatic carbocycles. The van der Waals surface area contributed by atoms with Crippen LogP contribution in [0, 0.1) is 0 Å². The Morgan fingerprint density at radius 2 is 1.72 bits per heavy atom. The number of pyridine rings is 1. The molecule has 240 valence electrons. The van der Waals surface area contributed by atoms with Crippen LogP contribution >= 0.6 is 0 Å². The molecule has 4 aromatic rings. The number of hydrogen-bond acceptors (Lipinski definition) is 6. The number of rotatable bonds is 9. The van der Waals surface area contributed by atoms with Crippen molar-refractivity contribution >= 4 is 17.6 Å². The predicted octanol–water partition coefficient (Wildman–Crippen LogP) is 7.11. The van der Waals surface area contributed by atoms with E-state index in [2.05, 4.69) is 10.1 Å². The number of para-hydroxylation sites is 1. The van der Waals surface area contributed by atoms with E-state index in [1.165, 1.54) is 30.0 Å². The number of amides is 1. The lowest BCUT2D eigenvalue weighted by Crippen LogP contribution is -2.37. The topological polar surface area (TPSA) is 107 Å². The molecule has 0 unspecified atom stereocenters. The lowest BCUT2D eigenvalue weighted by Gasteiger charge is -2.23. The Morgan fingerprint density at radius 1 is 0.978 bits per heavy atom. The summed E-state index contributed by atoms with van der Waals surface area (Å²) >= 11 is 0. The van der Waals surface area contributed by atoms with Gasteiger partial charge in [0.25, 0.3) is 0 Å². The van der Waals surface area contributed by atoms with Crippen LogP contribution in [-0.4, -0.2) is 62.7 Å². The molecule has 0 atom stereocenters. The van der Waals surface area contributed by atoms with Gasteiger partial charge in [0.2, 0.25) is 0 Å². The van der Waals surface area contributed by atoms with Crippen molar-refractivity contribution in [3.63, 3.8) is 0 Å². The van der Waals surface area contributed by atoms with Crippen LogP contribution in [0.15, 0.2) is 79.0 Å². The average Bonchev–Trinajstić information content (AvgIpc) is 3.50. The fraction of sp³-hybridized carbons (Fsp3) is 0.250. The summed E-state index contributed by atoms with van der Waals surface area (Å²) in [5.41, 5.74) is 0.716. The summed E-state index contributed by atoms with van der Waals surface area (Å²) in [5.74, 6) is -6.85. The molecule has 2 aromatic heterocycles. The number of halogens is 5. The number of carbonyl (C=O) groups excluding carboxylic acids is 1. The van der Waals surface area contributed by atoms with Crippen LogP contribution in [0.5, 0.6) is 5.75 Å². The minimum absolute atomic E-state index is 0.146. The van der Waals surface area contributed by atoms with Crippen molar-refractivity contribution in [2.24, 2.45) is 0 Å². The molecule has 0 radical (unpaired) electrons. The van der Waals surface area contributed by atoms with Crippen LogP contribution in [0.2, 0.25) is 0 Å². The number of carbonyl (C=O) groups is 2. The SMILES string of the molecule is CCOC(=O)c1cnn(-c2cccc(-c3ccccc3OCc3ccc(C4=CCN(C(=O)O)CC4)cc3)n2)c1C(F)(F)C(F)(F)F. The Balaban J connectivity index is 1.40. The number of nitrogens with zero attached hydrogens (tertiary/aromatic N) is 4. The molecule has 1 N–H and O–H groups in total. The highest BCUT2D eigenvalue weighted by atomic mass is 19.4. The summed E-state index contributed by atoms with van der Waals surface area (Å²) in [6, 6.07) is 18.4. The highest BCUT2D eigenvalue weighted by Gasteiger charge is 2.62. The summed E-state index contributed by atoms with van der Waals surface area (Å²) in [6.45, 7) is 2.02. The zero-order valence-corrected chi connectivity index (χ0v) is 24.3. The van der Waals surface area contributed by atoms with Crippen LogP contribution in [0.1, 0.15) is 40.5 Å². The molecule has 1 aliphatic rings. The van der Waals surface area contributed by atoms with E-state index in [-0.39, 0.29) is 29.4 Å². The summed E-state index contributed by atoms with van der Waals surface area (Å²) < 4.78 is 81.0. The van der Waals surface area contributed by atoms with E-state index in [0.29, 0.717) is 37.0 Å². The van der Waals surface area contributed by atoms with Gasteiger partial charge in [-0.3, -0.25) is 0 Å². The summed E-state index contributed by atoms with van der Waals surface area (Å²) in [6.07, 6.45) is -3.91. The molecule has 0 aliphatic carbocycles. The number of esters is 1. The second kappa shape index (κ2) is 13.0. The maximum absolute atomic E-state index is 14.8. The van der Waals surface area contributed by atoms with Gasteiger partial charge in [-0.1, -0.05) is 48.5 Å². The molecule has 0 fully saturated rings. The number of ether oxygens (including phenoxy) is 2. The van der Waals surface area contributed by atoms with E-state index in [0.717, 1.165) is 16.7 Å². The second-order valence-electron chi connectivity index (χ2n) is 10.2. The van der Waals surface area contributed by atoms with Crippen molar-refractivity contribution in [1.82, 2.24) is 19.7 Å². The van der Waals surface area contributed by atoms with Crippen molar-refractivity contribution in [2.45, 2.75) is 32.1 Å². The van der Waals surface area contributed by atoms with Gasteiger partial charge in [-0.2, -0.15) is 27.1 Å². The largest absolute Gasteiger partial charge is 0.488 e. The summed E-state index contributed by atoms with van der Waals surface area (Å²) in [5, 5.41) is 12.8. The summed E-state index contributed by atoms with van der Waals surface area (Å²) in [4.78, 5) is 29.1. The first-order chi connectivity index (χ1) is 21.9. The van der Waals surface area contributed by atoms with E-state index in [1.54, 1.807) is 24.3 Å². The standard InChI is InChI=1S/C32H27F5N4O5/c1-2-45-29(42)24-18-38-41(28(24)31(33,34)32(35,36)37)27-9-5-7-25(39-27)23-6-3-4-8-26(23)46-19-20-10-12-21(13-11-20)22-14-16-40(17-15-22)30(43)44/h3-14,18H,2,15-17,19H2,1H3,(H,43,44). The molecule has 0 saturated heterocycles. The molecule has 5 rings (SSSR count). The summed E-state index contributed by atoms with van der Waals surface area (Å²) in [7, 11) is 0. The highest BCUT2D eigenvalue weighted by molar-refractivity contribution is 5.91. The Morgan fingerprint density at radius 3 is 2.37 bits per heavy atom. The van der Waals surface area contributed by atoms with E-state index in [4.69, 9.17) is 14.6 Å². The zero-order chi connectivity index (χ0) is 33.1. The normalized spacial score (nSPS) is 13.7. The fourth-order valence-corrected chi connectivity index (χ4v) is 4.89. The molecule has 0 saturated carbocycles. The third-order valence-electron chi connectivity index (χ3n) is 7.23. The molecule has 14 heteroatoms. The molecule has 0 bridgehead atoms. The second-order valence-corrected chi connectivity index (χ2v) is 10.2. The minimum Gasteiger partial charge on any atom is -0.488 e. The van der Waals surface area contributed by atoms with Crippen LogP contribution in [0.25, 0.3) is 22.6 Å². The van der Waals surface area contributed by atoms with Crippen molar-refractivity contribution in [2.75, 3.05) is 19.7 Å². The van der Waals surface area contributed by atoms with Gasteiger partial charge in [-0.25, -0.2) is 19.3 Å². The van der Waals surface area contributed by atoms with Gasteiger partial charge < -0.3 is 19.5 Å². The average molecular weight is 643 g/mol. The quantitative estimate of drug-likeness (QED) is 0.153. The molecule has 3 heterocycles. The van der Waals surface area contributed by atoms with E-state index in [9.17, 15) is 31.5 Å². The Kier molecular flexibility index (Phi) is 9.08. The third-order valence-corrected chi connectivity index (χ3v) is 7.23.